The number of guanidine groups is 1. The van der Waals surface area contributed by atoms with Gasteiger partial charge in [0.15, 0.2) is 25.6 Å². The van der Waals surface area contributed by atoms with Gasteiger partial charge in [0.25, 0.3) is 5.91 Å². The minimum Gasteiger partial charge on any atom is -0.456 e. The maximum Gasteiger partial charge on any atom is 0.280 e. The van der Waals surface area contributed by atoms with Crippen LogP contribution in [0.5, 0.6) is 11.5 Å². The molecule has 0 aliphatic rings. The standard InChI is InChI=1S/C19H24N4O6S2.2ClH/c1-23(2)10-11-31(27,28)15-7-5-14(6-8-15)29-16-9-4-13(18(24)22-19(20)21)12-17(16)30(3,25)26;;/h4-9,12H,10-11H2,1-3H3,(H4,20,21,22,24);2*1H. The summed E-state index contributed by atoms with van der Waals surface area (Å²) < 4.78 is 54.8. The molecular formula is C19H26Cl2N4O6S2. The lowest BCUT2D eigenvalue weighted by atomic mass is 10.2. The fourth-order valence-corrected chi connectivity index (χ4v) is 4.67. The molecule has 14 heteroatoms. The summed E-state index contributed by atoms with van der Waals surface area (Å²) in [5.74, 6) is -1.11. The molecule has 184 valence electrons. The van der Waals surface area contributed by atoms with Crippen LogP contribution >= 0.6 is 24.8 Å². The number of sulfone groups is 2. The number of hydrogen-bond donors (Lipinski definition) is 2. The first-order valence-corrected chi connectivity index (χ1v) is 12.5. The molecule has 0 aromatic heterocycles. The number of halogens is 2. The summed E-state index contributed by atoms with van der Waals surface area (Å²) in [7, 11) is -3.68. The van der Waals surface area contributed by atoms with Crippen LogP contribution in [0.15, 0.2) is 57.2 Å². The van der Waals surface area contributed by atoms with Crippen LogP contribution < -0.4 is 16.2 Å². The van der Waals surface area contributed by atoms with Crippen molar-refractivity contribution in [3.63, 3.8) is 0 Å². The van der Waals surface area contributed by atoms with Crippen molar-refractivity contribution in [2.75, 3.05) is 32.6 Å². The normalized spacial score (nSPS) is 11.2. The van der Waals surface area contributed by atoms with Gasteiger partial charge in [-0.15, -0.1) is 24.8 Å². The number of hydrogen-bond acceptors (Lipinski definition) is 7. The second-order valence-corrected chi connectivity index (χ2v) is 11.1. The molecule has 0 unspecified atom stereocenters. The molecule has 2 rings (SSSR count). The van der Waals surface area contributed by atoms with Crippen LogP contribution in [0.4, 0.5) is 0 Å². The first kappa shape index (κ1) is 30.6. The van der Waals surface area contributed by atoms with Crippen LogP contribution in [0, 0.1) is 0 Å². The molecule has 0 aliphatic carbocycles. The van der Waals surface area contributed by atoms with Gasteiger partial charge in [0.2, 0.25) is 0 Å². The van der Waals surface area contributed by atoms with E-state index in [9.17, 15) is 21.6 Å². The van der Waals surface area contributed by atoms with E-state index in [1.165, 1.54) is 36.4 Å². The quantitative estimate of drug-likeness (QED) is 0.372. The predicted molar refractivity (Wildman–Crippen MR) is 131 cm³/mol. The average Bonchev–Trinajstić information content (AvgIpc) is 2.66. The summed E-state index contributed by atoms with van der Waals surface area (Å²) in [6.07, 6.45) is 0.963. The molecule has 0 atom stereocenters. The second kappa shape index (κ2) is 12.2. The third-order valence-electron chi connectivity index (χ3n) is 4.04. The Morgan fingerprint density at radius 2 is 1.58 bits per heavy atom. The van der Waals surface area contributed by atoms with Gasteiger partial charge in [0, 0.05) is 18.4 Å². The summed E-state index contributed by atoms with van der Waals surface area (Å²) in [6, 6.07) is 9.35. The van der Waals surface area contributed by atoms with Gasteiger partial charge >= 0.3 is 0 Å². The third kappa shape index (κ3) is 8.82. The van der Waals surface area contributed by atoms with Gasteiger partial charge in [0.05, 0.1) is 10.6 Å². The van der Waals surface area contributed by atoms with E-state index in [0.29, 0.717) is 6.54 Å². The van der Waals surface area contributed by atoms with E-state index in [-0.39, 0.29) is 57.4 Å². The third-order valence-corrected chi connectivity index (χ3v) is 6.87. The van der Waals surface area contributed by atoms with E-state index < -0.39 is 31.5 Å². The maximum atomic E-state index is 12.4. The summed E-state index contributed by atoms with van der Waals surface area (Å²) >= 11 is 0. The van der Waals surface area contributed by atoms with Gasteiger partial charge in [-0.2, -0.15) is 4.99 Å². The number of carbonyl (C=O) groups is 1. The molecule has 0 fully saturated rings. The van der Waals surface area contributed by atoms with Crippen molar-refractivity contribution in [3.8, 4) is 11.5 Å². The zero-order valence-electron chi connectivity index (χ0n) is 18.1. The zero-order valence-corrected chi connectivity index (χ0v) is 21.4. The number of amides is 1. The molecule has 2 aromatic rings. The van der Waals surface area contributed by atoms with E-state index >= 15 is 0 Å². The number of rotatable bonds is 8. The maximum absolute atomic E-state index is 12.4. The molecule has 0 aliphatic heterocycles. The Hall–Kier alpha value is -2.38. The Balaban J connectivity index is 0.00000512. The SMILES string of the molecule is CN(C)CCS(=O)(=O)c1ccc(Oc2ccc(C(=O)N=C(N)N)cc2S(C)(=O)=O)cc1.Cl.Cl. The highest BCUT2D eigenvalue weighted by molar-refractivity contribution is 7.91. The smallest absolute Gasteiger partial charge is 0.280 e. The van der Waals surface area contributed by atoms with E-state index in [2.05, 4.69) is 4.99 Å². The van der Waals surface area contributed by atoms with Crippen molar-refractivity contribution < 1.29 is 26.4 Å². The fraction of sp³-hybridized carbons (Fsp3) is 0.263. The Bertz CT molecular complexity index is 1210. The molecule has 4 N–H and O–H groups in total. The Kier molecular flexibility index (Phi) is 11.3. The van der Waals surface area contributed by atoms with Gasteiger partial charge in [-0.1, -0.05) is 0 Å². The highest BCUT2D eigenvalue weighted by Gasteiger charge is 2.19. The van der Waals surface area contributed by atoms with Crippen molar-refractivity contribution in [2.45, 2.75) is 9.79 Å². The van der Waals surface area contributed by atoms with Crippen molar-refractivity contribution in [2.24, 2.45) is 16.5 Å². The molecule has 1 amide bonds. The number of carbonyl (C=O) groups excluding carboxylic acids is 1. The molecular weight excluding hydrogens is 515 g/mol. The predicted octanol–water partition coefficient (Wildman–Crippen LogP) is 1.47. The molecule has 0 heterocycles. The van der Waals surface area contributed by atoms with Crippen LogP contribution in [0.25, 0.3) is 0 Å². The van der Waals surface area contributed by atoms with Crippen molar-refractivity contribution >= 4 is 56.4 Å². The van der Waals surface area contributed by atoms with Gasteiger partial charge in [-0.05, 0) is 56.6 Å². The van der Waals surface area contributed by atoms with Crippen molar-refractivity contribution in [3.05, 3.63) is 48.0 Å². The summed E-state index contributed by atoms with van der Waals surface area (Å²) in [5.41, 5.74) is 10.3. The molecule has 10 nitrogen and oxygen atoms in total. The summed E-state index contributed by atoms with van der Waals surface area (Å²) in [6.45, 7) is 0.378. The van der Waals surface area contributed by atoms with Crippen LogP contribution in [0.1, 0.15) is 10.4 Å². The minimum absolute atomic E-state index is 0. The molecule has 0 saturated heterocycles. The second-order valence-electron chi connectivity index (χ2n) is 6.97. The largest absolute Gasteiger partial charge is 0.456 e. The highest BCUT2D eigenvalue weighted by Crippen LogP contribution is 2.30. The molecule has 33 heavy (non-hydrogen) atoms. The van der Waals surface area contributed by atoms with Crippen molar-refractivity contribution in [1.82, 2.24) is 4.90 Å². The number of benzene rings is 2. The molecule has 2 aromatic carbocycles. The minimum atomic E-state index is -3.77. The molecule has 0 bridgehead atoms. The molecule has 0 saturated carbocycles. The molecule has 0 spiro atoms. The number of ether oxygens (including phenoxy) is 1. The van der Waals surface area contributed by atoms with E-state index in [4.69, 9.17) is 16.2 Å². The van der Waals surface area contributed by atoms with Gasteiger partial charge < -0.3 is 21.1 Å². The lowest BCUT2D eigenvalue weighted by Gasteiger charge is -2.12. The van der Waals surface area contributed by atoms with Crippen molar-refractivity contribution in [1.29, 1.82) is 0 Å². The zero-order chi connectivity index (χ0) is 23.4. The van der Waals surface area contributed by atoms with Crippen LogP contribution in [-0.2, 0) is 19.7 Å². The van der Waals surface area contributed by atoms with E-state index in [1.54, 1.807) is 19.0 Å². The Morgan fingerprint density at radius 1 is 1.00 bits per heavy atom. The number of aliphatic imine (C=N–C) groups is 1. The lowest BCUT2D eigenvalue weighted by Crippen LogP contribution is -2.24. The fourth-order valence-electron chi connectivity index (χ4n) is 2.46. The van der Waals surface area contributed by atoms with Gasteiger partial charge in [-0.25, -0.2) is 16.8 Å². The van der Waals surface area contributed by atoms with Crippen LogP contribution in [0.3, 0.4) is 0 Å². The first-order chi connectivity index (χ1) is 14.3. The average molecular weight is 541 g/mol. The molecule has 0 radical (unpaired) electrons. The number of nitrogens with zero attached hydrogens (tertiary/aromatic N) is 2. The Morgan fingerprint density at radius 3 is 2.06 bits per heavy atom. The first-order valence-electron chi connectivity index (χ1n) is 8.93. The Labute approximate surface area is 205 Å². The van der Waals surface area contributed by atoms with E-state index in [0.717, 1.165) is 12.3 Å². The lowest BCUT2D eigenvalue weighted by molar-refractivity contribution is 0.100. The van der Waals surface area contributed by atoms with E-state index in [1.807, 2.05) is 0 Å². The monoisotopic (exact) mass is 540 g/mol. The van der Waals surface area contributed by atoms with Gasteiger partial charge in [0.1, 0.15) is 16.4 Å². The van der Waals surface area contributed by atoms with Crippen LogP contribution in [-0.4, -0.2) is 66.3 Å². The summed E-state index contributed by atoms with van der Waals surface area (Å²) in [4.78, 5) is 17.0. The van der Waals surface area contributed by atoms with Gasteiger partial charge in [-0.3, -0.25) is 4.79 Å². The highest BCUT2D eigenvalue weighted by atomic mass is 35.5. The van der Waals surface area contributed by atoms with Crippen LogP contribution in [0.2, 0.25) is 0 Å². The summed E-state index contributed by atoms with van der Waals surface area (Å²) in [5, 5.41) is 0. The topological polar surface area (TPSA) is 162 Å². The number of nitrogens with two attached hydrogens (primary N) is 2.